The van der Waals surface area contributed by atoms with Crippen LogP contribution < -0.4 is 5.32 Å². The van der Waals surface area contributed by atoms with Gasteiger partial charge in [-0.25, -0.2) is 0 Å². The normalized spacial score (nSPS) is 14.8. The van der Waals surface area contributed by atoms with Crippen LogP contribution in [0.4, 0.5) is 0 Å². The lowest BCUT2D eigenvalue weighted by molar-refractivity contribution is -0.145. The largest absolute Gasteiger partial charge is 0.480 e. The highest BCUT2D eigenvalue weighted by molar-refractivity contribution is 5.78. The first-order chi connectivity index (χ1) is 9.47. The molecule has 0 fully saturated rings. The van der Waals surface area contributed by atoms with Crippen LogP contribution in [-0.2, 0) is 4.79 Å². The van der Waals surface area contributed by atoms with E-state index >= 15 is 0 Å². The van der Waals surface area contributed by atoms with Crippen molar-refractivity contribution in [2.45, 2.75) is 77.8 Å². The van der Waals surface area contributed by atoms with Crippen LogP contribution >= 0.6 is 0 Å². The molecule has 0 radical (unpaired) electrons. The van der Waals surface area contributed by atoms with Crippen molar-refractivity contribution in [3.8, 4) is 0 Å². The molecule has 0 aliphatic rings. The van der Waals surface area contributed by atoms with Crippen molar-refractivity contribution in [2.75, 3.05) is 20.1 Å². The molecule has 4 heteroatoms. The third-order valence-corrected chi connectivity index (χ3v) is 4.41. The number of rotatable bonds is 12. The van der Waals surface area contributed by atoms with Crippen LogP contribution in [-0.4, -0.2) is 47.7 Å². The predicted octanol–water partition coefficient (Wildman–Crippen LogP) is 3.12. The van der Waals surface area contributed by atoms with Gasteiger partial charge in [-0.2, -0.15) is 0 Å². The molecular formula is C16H34N2O2. The number of carboxylic acids is 1. The number of carbonyl (C=O) groups is 1. The average Bonchev–Trinajstić information content (AvgIpc) is 2.43. The molecule has 0 aliphatic carbocycles. The van der Waals surface area contributed by atoms with Gasteiger partial charge in [-0.15, -0.1) is 0 Å². The Morgan fingerprint density at radius 3 is 2.25 bits per heavy atom. The maximum atomic E-state index is 11.6. The predicted molar refractivity (Wildman–Crippen MR) is 85.2 cm³/mol. The Morgan fingerprint density at radius 2 is 1.85 bits per heavy atom. The second-order valence-corrected chi connectivity index (χ2v) is 5.72. The van der Waals surface area contributed by atoms with E-state index in [1.807, 2.05) is 6.92 Å². The van der Waals surface area contributed by atoms with Gasteiger partial charge < -0.3 is 15.3 Å². The van der Waals surface area contributed by atoms with Crippen molar-refractivity contribution in [3.63, 3.8) is 0 Å². The van der Waals surface area contributed by atoms with Crippen LogP contribution in [0.3, 0.4) is 0 Å². The lowest BCUT2D eigenvalue weighted by Gasteiger charge is -2.31. The molecule has 20 heavy (non-hydrogen) atoms. The lowest BCUT2D eigenvalue weighted by atomic mass is 9.90. The molecule has 4 nitrogen and oxygen atoms in total. The van der Waals surface area contributed by atoms with Crippen molar-refractivity contribution in [2.24, 2.45) is 0 Å². The van der Waals surface area contributed by atoms with E-state index < -0.39 is 11.5 Å². The van der Waals surface area contributed by atoms with E-state index in [9.17, 15) is 9.90 Å². The molecule has 0 amide bonds. The van der Waals surface area contributed by atoms with Gasteiger partial charge in [0, 0.05) is 6.04 Å². The van der Waals surface area contributed by atoms with Crippen LogP contribution in [0.15, 0.2) is 0 Å². The molecule has 0 aromatic heterocycles. The molecule has 0 spiro atoms. The maximum absolute atomic E-state index is 11.6. The standard InChI is InChI=1S/C16H34N2O2/c1-6-12-17-16(9-4,15(19)20)11-10-13-18(5)14(7-2)8-3/h14,17H,6-13H2,1-5H3,(H,19,20). The fourth-order valence-electron chi connectivity index (χ4n) is 2.81. The molecule has 0 bridgehead atoms. The first-order valence-electron chi connectivity index (χ1n) is 8.15. The Kier molecular flexibility index (Phi) is 9.86. The van der Waals surface area contributed by atoms with Gasteiger partial charge in [-0.1, -0.05) is 27.7 Å². The highest BCUT2D eigenvalue weighted by Gasteiger charge is 2.35. The summed E-state index contributed by atoms with van der Waals surface area (Å²) in [4.78, 5) is 14.0. The Labute approximate surface area is 124 Å². The number of aliphatic carboxylic acids is 1. The van der Waals surface area contributed by atoms with E-state index in [0.29, 0.717) is 18.9 Å². The van der Waals surface area contributed by atoms with Crippen molar-refractivity contribution in [1.29, 1.82) is 0 Å². The molecule has 120 valence electrons. The van der Waals surface area contributed by atoms with Gasteiger partial charge in [0.05, 0.1) is 0 Å². The Hall–Kier alpha value is -0.610. The van der Waals surface area contributed by atoms with E-state index in [4.69, 9.17) is 0 Å². The topological polar surface area (TPSA) is 52.6 Å². The van der Waals surface area contributed by atoms with Crippen LogP contribution in [0, 0.1) is 0 Å². The smallest absolute Gasteiger partial charge is 0.323 e. The van der Waals surface area contributed by atoms with Crippen LogP contribution in [0.1, 0.15) is 66.2 Å². The van der Waals surface area contributed by atoms with Crippen LogP contribution in [0.2, 0.25) is 0 Å². The van der Waals surface area contributed by atoms with E-state index in [1.54, 1.807) is 0 Å². The number of nitrogens with one attached hydrogen (secondary N) is 1. The van der Waals surface area contributed by atoms with Gasteiger partial charge in [0.25, 0.3) is 0 Å². The SMILES string of the molecule is CCCNC(CC)(CCCN(C)C(CC)CC)C(=O)O. The molecule has 0 saturated carbocycles. The summed E-state index contributed by atoms with van der Waals surface area (Å²) in [6, 6.07) is 0.611. The van der Waals surface area contributed by atoms with Crippen molar-refractivity contribution in [1.82, 2.24) is 10.2 Å². The quantitative estimate of drug-likeness (QED) is 0.579. The fraction of sp³-hybridized carbons (Fsp3) is 0.938. The molecule has 0 aromatic carbocycles. The zero-order valence-corrected chi connectivity index (χ0v) is 14.0. The van der Waals surface area contributed by atoms with E-state index in [1.165, 1.54) is 0 Å². The molecule has 0 rings (SSSR count). The molecule has 0 aliphatic heterocycles. The van der Waals surface area contributed by atoms with E-state index in [2.05, 4.69) is 38.0 Å². The molecule has 1 atom stereocenters. The van der Waals surface area contributed by atoms with Crippen molar-refractivity contribution >= 4 is 5.97 Å². The Balaban J connectivity index is 4.43. The number of hydrogen-bond donors (Lipinski definition) is 2. The first kappa shape index (κ1) is 19.4. The summed E-state index contributed by atoms with van der Waals surface area (Å²) in [5, 5.41) is 12.8. The van der Waals surface area contributed by atoms with Gasteiger partial charge in [-0.3, -0.25) is 4.79 Å². The fourth-order valence-corrected chi connectivity index (χ4v) is 2.81. The van der Waals surface area contributed by atoms with Gasteiger partial charge >= 0.3 is 5.97 Å². The Bertz CT molecular complexity index is 267. The van der Waals surface area contributed by atoms with Crippen molar-refractivity contribution in [3.05, 3.63) is 0 Å². The number of carboxylic acid groups (broad SMARTS) is 1. The summed E-state index contributed by atoms with van der Waals surface area (Å²) in [5.74, 6) is -0.710. The minimum absolute atomic E-state index is 0.611. The van der Waals surface area contributed by atoms with Crippen LogP contribution in [0.25, 0.3) is 0 Å². The summed E-state index contributed by atoms with van der Waals surface area (Å²) in [6.45, 7) is 10.2. The molecule has 2 N–H and O–H groups in total. The summed E-state index contributed by atoms with van der Waals surface area (Å²) in [7, 11) is 2.14. The maximum Gasteiger partial charge on any atom is 0.323 e. The first-order valence-corrected chi connectivity index (χ1v) is 8.15. The minimum Gasteiger partial charge on any atom is -0.480 e. The summed E-state index contributed by atoms with van der Waals surface area (Å²) >= 11 is 0. The minimum atomic E-state index is -0.745. The van der Waals surface area contributed by atoms with E-state index in [-0.39, 0.29) is 0 Å². The monoisotopic (exact) mass is 286 g/mol. The summed E-state index contributed by atoms with van der Waals surface area (Å²) in [5.41, 5.74) is -0.745. The van der Waals surface area contributed by atoms with Gasteiger partial charge in [0.1, 0.15) is 5.54 Å². The average molecular weight is 286 g/mol. The zero-order valence-electron chi connectivity index (χ0n) is 14.0. The Morgan fingerprint density at radius 1 is 1.25 bits per heavy atom. The number of nitrogens with zero attached hydrogens (tertiary/aromatic N) is 1. The lowest BCUT2D eigenvalue weighted by Crippen LogP contribution is -2.52. The highest BCUT2D eigenvalue weighted by atomic mass is 16.4. The summed E-state index contributed by atoms with van der Waals surface area (Å²) in [6.07, 6.45) is 5.52. The summed E-state index contributed by atoms with van der Waals surface area (Å²) < 4.78 is 0. The second-order valence-electron chi connectivity index (χ2n) is 5.72. The molecule has 0 saturated heterocycles. The van der Waals surface area contributed by atoms with Gasteiger partial charge in [0.15, 0.2) is 0 Å². The van der Waals surface area contributed by atoms with E-state index in [0.717, 1.165) is 38.8 Å². The third-order valence-electron chi connectivity index (χ3n) is 4.41. The molecule has 0 aromatic rings. The zero-order chi connectivity index (χ0) is 15.6. The molecule has 0 heterocycles. The van der Waals surface area contributed by atoms with Gasteiger partial charge in [-0.05, 0) is 58.7 Å². The molecule has 1 unspecified atom stereocenters. The highest BCUT2D eigenvalue weighted by Crippen LogP contribution is 2.19. The van der Waals surface area contributed by atoms with Gasteiger partial charge in [0.2, 0.25) is 0 Å². The third kappa shape index (κ3) is 5.80. The van der Waals surface area contributed by atoms with Crippen molar-refractivity contribution < 1.29 is 9.90 Å². The van der Waals surface area contributed by atoms with Crippen LogP contribution in [0.5, 0.6) is 0 Å². The molecular weight excluding hydrogens is 252 g/mol. The second kappa shape index (κ2) is 10.2. The number of hydrogen-bond acceptors (Lipinski definition) is 3.